The molecule has 7 rings (SSSR count). The first-order chi connectivity index (χ1) is 16.5. The number of carbonyl (C=O) groups is 1. The van der Waals surface area contributed by atoms with E-state index in [1.807, 2.05) is 24.3 Å². The smallest absolute Gasteiger partial charge is 0.194 e. The Morgan fingerprint density at radius 1 is 0.618 bits per heavy atom. The van der Waals surface area contributed by atoms with Gasteiger partial charge in [0, 0.05) is 35.3 Å². The predicted molar refractivity (Wildman–Crippen MR) is 132 cm³/mol. The van der Waals surface area contributed by atoms with E-state index in [9.17, 15) is 4.79 Å². The minimum absolute atomic E-state index is 0.0905. The Hall–Kier alpha value is -2.37. The van der Waals surface area contributed by atoms with E-state index >= 15 is 0 Å². The van der Waals surface area contributed by atoms with Crippen molar-refractivity contribution in [3.8, 4) is 22.6 Å². The van der Waals surface area contributed by atoms with Crippen LogP contribution in [0.15, 0.2) is 36.4 Å². The number of rotatable bonds is 4. The molecule has 0 amide bonds. The predicted octanol–water partition coefficient (Wildman–Crippen LogP) is 4.91. The van der Waals surface area contributed by atoms with Gasteiger partial charge < -0.3 is 19.3 Å². The van der Waals surface area contributed by atoms with Crippen molar-refractivity contribution in [3.63, 3.8) is 0 Å². The molecule has 34 heavy (non-hydrogen) atoms. The molecule has 5 aliphatic rings. The van der Waals surface area contributed by atoms with Gasteiger partial charge in [0.15, 0.2) is 5.78 Å². The fraction of sp³-hybridized carbons (Fsp3) is 0.552. The summed E-state index contributed by atoms with van der Waals surface area (Å²) in [5, 5.41) is 0. The van der Waals surface area contributed by atoms with Crippen molar-refractivity contribution in [3.05, 3.63) is 47.5 Å². The van der Waals surface area contributed by atoms with E-state index in [-0.39, 0.29) is 18.0 Å². The van der Waals surface area contributed by atoms with Gasteiger partial charge in [-0.3, -0.25) is 4.79 Å². The molecule has 0 spiro atoms. The Labute approximate surface area is 202 Å². The average molecular weight is 459 g/mol. The van der Waals surface area contributed by atoms with Crippen LogP contribution in [0.25, 0.3) is 11.1 Å². The molecule has 5 heteroatoms. The summed E-state index contributed by atoms with van der Waals surface area (Å²) in [6, 6.07) is 14.7. The number of fused-ring (bicyclic) bond motifs is 7. The van der Waals surface area contributed by atoms with Crippen LogP contribution in [0.2, 0.25) is 0 Å². The van der Waals surface area contributed by atoms with E-state index in [2.05, 4.69) is 36.0 Å². The van der Waals surface area contributed by atoms with E-state index in [1.165, 1.54) is 25.7 Å². The maximum absolute atomic E-state index is 13.4. The SMILES string of the molecule is CN1C2CCC1CC(Oc1ccc3c(c1)C(=O)c1cc(OC4CC5CCC(C4)N5C)ccc1-3)C2. The first-order valence-corrected chi connectivity index (χ1v) is 13.1. The molecule has 1 aliphatic carbocycles. The summed E-state index contributed by atoms with van der Waals surface area (Å²) in [6.07, 6.45) is 9.94. The van der Waals surface area contributed by atoms with Crippen molar-refractivity contribution in [2.45, 2.75) is 87.7 Å². The van der Waals surface area contributed by atoms with Crippen molar-refractivity contribution in [2.75, 3.05) is 14.1 Å². The molecule has 2 aromatic rings. The molecule has 4 aliphatic heterocycles. The average Bonchev–Trinajstić information content (AvgIpc) is 3.28. The summed E-state index contributed by atoms with van der Waals surface area (Å²) in [6.45, 7) is 0. The first kappa shape index (κ1) is 21.0. The molecule has 0 saturated carbocycles. The van der Waals surface area contributed by atoms with Crippen molar-refractivity contribution in [1.82, 2.24) is 9.80 Å². The molecular weight excluding hydrogens is 424 g/mol. The molecular formula is C29H34N2O3. The van der Waals surface area contributed by atoms with Crippen molar-refractivity contribution in [2.24, 2.45) is 0 Å². The summed E-state index contributed by atoms with van der Waals surface area (Å²) in [5.74, 6) is 1.74. The van der Waals surface area contributed by atoms with Crippen LogP contribution in [0.4, 0.5) is 0 Å². The summed E-state index contributed by atoms with van der Waals surface area (Å²) < 4.78 is 12.8. The lowest BCUT2D eigenvalue weighted by Crippen LogP contribution is -2.43. The Morgan fingerprint density at radius 2 is 1.00 bits per heavy atom. The normalized spacial score (nSPS) is 34.2. The third-order valence-corrected chi connectivity index (χ3v) is 9.48. The third kappa shape index (κ3) is 3.31. The summed E-state index contributed by atoms with van der Waals surface area (Å²) >= 11 is 0. The number of nitrogens with zero attached hydrogens (tertiary/aromatic N) is 2. The summed E-state index contributed by atoms with van der Waals surface area (Å²) in [7, 11) is 4.50. The standard InChI is InChI=1S/C29H34N2O3/c1-30-17-3-4-18(30)12-23(11-17)33-21-7-9-25-26-10-8-22(16-28(26)29(32)27(25)15-21)34-24-13-19-5-6-20(14-24)31(19)2/h7-10,15-20,23-24H,3-6,11-14H2,1-2H3. The number of ketones is 1. The highest BCUT2D eigenvalue weighted by atomic mass is 16.5. The van der Waals surface area contributed by atoms with Crippen LogP contribution in [0.1, 0.15) is 67.3 Å². The van der Waals surface area contributed by atoms with Crippen LogP contribution in [0.5, 0.6) is 11.5 Å². The largest absolute Gasteiger partial charge is 0.490 e. The minimum Gasteiger partial charge on any atom is -0.490 e. The zero-order valence-electron chi connectivity index (χ0n) is 20.2. The quantitative estimate of drug-likeness (QED) is 0.556. The molecule has 2 aromatic carbocycles. The first-order valence-electron chi connectivity index (χ1n) is 13.1. The number of carbonyl (C=O) groups excluding carboxylic acids is 1. The highest BCUT2D eigenvalue weighted by Gasteiger charge is 2.40. The third-order valence-electron chi connectivity index (χ3n) is 9.48. The highest BCUT2D eigenvalue weighted by Crippen LogP contribution is 2.42. The molecule has 4 unspecified atom stereocenters. The van der Waals surface area contributed by atoms with Gasteiger partial charge in [-0.1, -0.05) is 0 Å². The van der Waals surface area contributed by atoms with E-state index in [1.54, 1.807) is 0 Å². The summed E-state index contributed by atoms with van der Waals surface area (Å²) in [5.41, 5.74) is 3.55. The maximum Gasteiger partial charge on any atom is 0.194 e. The van der Waals surface area contributed by atoms with Crippen molar-refractivity contribution >= 4 is 5.78 Å². The zero-order chi connectivity index (χ0) is 23.0. The molecule has 178 valence electrons. The lowest BCUT2D eigenvalue weighted by molar-refractivity contribution is 0.0660. The van der Waals surface area contributed by atoms with Crippen molar-refractivity contribution in [1.29, 1.82) is 0 Å². The fourth-order valence-corrected chi connectivity index (χ4v) is 7.48. The van der Waals surface area contributed by atoms with Gasteiger partial charge in [0.2, 0.25) is 0 Å². The molecule has 0 radical (unpaired) electrons. The fourth-order valence-electron chi connectivity index (χ4n) is 7.48. The van der Waals surface area contributed by atoms with Crippen LogP contribution in [0.3, 0.4) is 0 Å². The van der Waals surface area contributed by atoms with Crippen LogP contribution in [-0.4, -0.2) is 66.1 Å². The van der Waals surface area contributed by atoms with Gasteiger partial charge in [-0.25, -0.2) is 0 Å². The van der Waals surface area contributed by atoms with Crippen LogP contribution < -0.4 is 9.47 Å². The van der Waals surface area contributed by atoms with Gasteiger partial charge in [0.05, 0.1) is 0 Å². The molecule has 0 N–H and O–H groups in total. The second-order valence-corrected chi connectivity index (χ2v) is 11.3. The van der Waals surface area contributed by atoms with Gasteiger partial charge in [0.25, 0.3) is 0 Å². The minimum atomic E-state index is 0.0905. The zero-order valence-corrected chi connectivity index (χ0v) is 20.2. The molecule has 4 atom stereocenters. The van der Waals surface area contributed by atoms with Crippen LogP contribution in [-0.2, 0) is 0 Å². The van der Waals surface area contributed by atoms with Gasteiger partial charge in [-0.2, -0.15) is 0 Å². The monoisotopic (exact) mass is 458 g/mol. The molecule has 4 heterocycles. The Morgan fingerprint density at radius 3 is 1.38 bits per heavy atom. The number of piperidine rings is 2. The van der Waals surface area contributed by atoms with Gasteiger partial charge in [-0.05, 0) is 113 Å². The molecule has 5 nitrogen and oxygen atoms in total. The Balaban J connectivity index is 1.08. The topological polar surface area (TPSA) is 42.0 Å². The number of hydrogen-bond acceptors (Lipinski definition) is 5. The maximum atomic E-state index is 13.4. The number of benzene rings is 2. The molecule has 4 bridgehead atoms. The van der Waals surface area contributed by atoms with Gasteiger partial charge >= 0.3 is 0 Å². The highest BCUT2D eigenvalue weighted by molar-refractivity contribution is 6.22. The van der Waals surface area contributed by atoms with Crippen LogP contribution in [0, 0.1) is 0 Å². The van der Waals surface area contributed by atoms with E-state index < -0.39 is 0 Å². The summed E-state index contributed by atoms with van der Waals surface area (Å²) in [4.78, 5) is 18.4. The lowest BCUT2D eigenvalue weighted by Gasteiger charge is -2.36. The second-order valence-electron chi connectivity index (χ2n) is 11.3. The Kier molecular flexibility index (Phi) is 4.82. The molecule has 4 fully saturated rings. The Bertz CT molecular complexity index is 1030. The van der Waals surface area contributed by atoms with Crippen LogP contribution >= 0.6 is 0 Å². The molecule has 4 saturated heterocycles. The van der Waals surface area contributed by atoms with E-state index in [0.717, 1.165) is 59.4 Å². The van der Waals surface area contributed by atoms with Gasteiger partial charge in [-0.15, -0.1) is 0 Å². The van der Waals surface area contributed by atoms with E-state index in [0.29, 0.717) is 24.2 Å². The van der Waals surface area contributed by atoms with E-state index in [4.69, 9.17) is 9.47 Å². The lowest BCUT2D eigenvalue weighted by atomic mass is 10.00. The molecule has 0 aromatic heterocycles. The second kappa shape index (κ2) is 7.82. The van der Waals surface area contributed by atoms with Gasteiger partial charge in [0.1, 0.15) is 23.7 Å². The number of ether oxygens (including phenoxy) is 2. The van der Waals surface area contributed by atoms with Crippen molar-refractivity contribution < 1.29 is 14.3 Å². The number of hydrogen-bond donors (Lipinski definition) is 0.